The third-order valence-electron chi connectivity index (χ3n) is 3.09. The van der Waals surface area contributed by atoms with Crippen molar-refractivity contribution < 1.29 is 4.74 Å². The Bertz CT molecular complexity index is 531. The molecule has 1 aromatic heterocycles. The lowest BCUT2D eigenvalue weighted by molar-refractivity contribution is 0.415. The molecule has 0 saturated heterocycles. The van der Waals surface area contributed by atoms with E-state index in [-0.39, 0.29) is 5.92 Å². The van der Waals surface area contributed by atoms with Crippen LogP contribution in [0.5, 0.6) is 5.75 Å². The van der Waals surface area contributed by atoms with Gasteiger partial charge in [-0.25, -0.2) is 0 Å². The van der Waals surface area contributed by atoms with Crippen LogP contribution in [0.25, 0.3) is 0 Å². The summed E-state index contributed by atoms with van der Waals surface area (Å²) in [5.41, 5.74) is 7.99. The highest BCUT2D eigenvalue weighted by molar-refractivity contribution is 6.32. The van der Waals surface area contributed by atoms with E-state index in [9.17, 15) is 0 Å². The summed E-state index contributed by atoms with van der Waals surface area (Å²) >= 11 is 6.13. The second-order valence-electron chi connectivity index (χ2n) is 4.36. The zero-order chi connectivity index (χ0) is 13.7. The third kappa shape index (κ3) is 3.46. The molecule has 0 amide bonds. The van der Waals surface area contributed by atoms with Gasteiger partial charge in [-0.2, -0.15) is 0 Å². The molecule has 0 aliphatic carbocycles. The normalized spacial score (nSPS) is 12.2. The lowest BCUT2D eigenvalue weighted by atomic mass is 9.96. The van der Waals surface area contributed by atoms with Crippen LogP contribution in [0, 0.1) is 0 Å². The number of nitrogens with two attached hydrogens (primary N) is 1. The molecular weight excluding hydrogens is 260 g/mol. The Hall–Kier alpha value is -1.58. The maximum absolute atomic E-state index is 6.13. The number of aromatic nitrogens is 1. The van der Waals surface area contributed by atoms with E-state index >= 15 is 0 Å². The topological polar surface area (TPSA) is 48.1 Å². The van der Waals surface area contributed by atoms with E-state index in [1.807, 2.05) is 36.4 Å². The van der Waals surface area contributed by atoms with Gasteiger partial charge in [0, 0.05) is 24.4 Å². The molecule has 2 N–H and O–H groups in total. The highest BCUT2D eigenvalue weighted by atomic mass is 35.5. The molecular formula is C15H17ClN2O. The molecule has 4 heteroatoms. The van der Waals surface area contributed by atoms with Crippen LogP contribution in [-0.4, -0.2) is 18.6 Å². The average molecular weight is 277 g/mol. The van der Waals surface area contributed by atoms with Crippen LogP contribution < -0.4 is 10.5 Å². The average Bonchev–Trinajstić information content (AvgIpc) is 2.46. The van der Waals surface area contributed by atoms with Crippen LogP contribution in [0.1, 0.15) is 17.2 Å². The van der Waals surface area contributed by atoms with Crippen molar-refractivity contribution in [3.05, 3.63) is 58.9 Å². The molecule has 0 saturated carbocycles. The standard InChI is InChI=1S/C15H17ClN2O/c1-19-15-6-5-11(9-13(15)16)8-12(10-17)14-4-2-3-7-18-14/h2-7,9,12H,8,10,17H2,1H3. The lowest BCUT2D eigenvalue weighted by Crippen LogP contribution is -2.16. The van der Waals surface area contributed by atoms with Gasteiger partial charge in [0.1, 0.15) is 5.75 Å². The van der Waals surface area contributed by atoms with Crippen LogP contribution >= 0.6 is 11.6 Å². The molecule has 0 radical (unpaired) electrons. The number of methoxy groups -OCH3 is 1. The Labute approximate surface area is 118 Å². The number of nitrogens with zero attached hydrogens (tertiary/aromatic N) is 1. The summed E-state index contributed by atoms with van der Waals surface area (Å²) in [6.45, 7) is 0.556. The second-order valence-corrected chi connectivity index (χ2v) is 4.77. The molecule has 0 spiro atoms. The van der Waals surface area contributed by atoms with Gasteiger partial charge in [0.2, 0.25) is 0 Å². The monoisotopic (exact) mass is 276 g/mol. The molecule has 100 valence electrons. The maximum Gasteiger partial charge on any atom is 0.137 e. The van der Waals surface area contributed by atoms with Gasteiger partial charge < -0.3 is 10.5 Å². The summed E-state index contributed by atoms with van der Waals surface area (Å²) in [6, 6.07) is 11.7. The van der Waals surface area contributed by atoms with Crippen molar-refractivity contribution >= 4 is 11.6 Å². The predicted molar refractivity (Wildman–Crippen MR) is 77.7 cm³/mol. The van der Waals surface area contributed by atoms with Crippen molar-refractivity contribution in [2.75, 3.05) is 13.7 Å². The summed E-state index contributed by atoms with van der Waals surface area (Å²) in [5, 5.41) is 0.622. The van der Waals surface area contributed by atoms with Crippen molar-refractivity contribution in [2.45, 2.75) is 12.3 Å². The van der Waals surface area contributed by atoms with Crippen LogP contribution in [0.4, 0.5) is 0 Å². The van der Waals surface area contributed by atoms with Gasteiger partial charge in [-0.1, -0.05) is 23.7 Å². The van der Waals surface area contributed by atoms with Crippen molar-refractivity contribution in [1.29, 1.82) is 0 Å². The SMILES string of the molecule is COc1ccc(CC(CN)c2ccccn2)cc1Cl. The fourth-order valence-electron chi connectivity index (χ4n) is 2.05. The van der Waals surface area contributed by atoms with Gasteiger partial charge in [-0.05, 0) is 36.2 Å². The fraction of sp³-hybridized carbons (Fsp3) is 0.267. The largest absolute Gasteiger partial charge is 0.495 e. The molecule has 19 heavy (non-hydrogen) atoms. The van der Waals surface area contributed by atoms with Gasteiger partial charge in [0.25, 0.3) is 0 Å². The lowest BCUT2D eigenvalue weighted by Gasteiger charge is -2.15. The van der Waals surface area contributed by atoms with E-state index in [2.05, 4.69) is 4.98 Å². The van der Waals surface area contributed by atoms with Crippen LogP contribution in [0.3, 0.4) is 0 Å². The van der Waals surface area contributed by atoms with Crippen molar-refractivity contribution in [3.63, 3.8) is 0 Å². The number of pyridine rings is 1. The molecule has 0 aliphatic heterocycles. The smallest absolute Gasteiger partial charge is 0.137 e. The number of hydrogen-bond donors (Lipinski definition) is 1. The van der Waals surface area contributed by atoms with E-state index in [4.69, 9.17) is 22.1 Å². The van der Waals surface area contributed by atoms with Crippen LogP contribution in [-0.2, 0) is 6.42 Å². The summed E-state index contributed by atoms with van der Waals surface area (Å²) in [7, 11) is 1.61. The van der Waals surface area contributed by atoms with Crippen LogP contribution in [0.2, 0.25) is 5.02 Å². The maximum atomic E-state index is 6.13. The van der Waals surface area contributed by atoms with Gasteiger partial charge in [-0.3, -0.25) is 4.98 Å². The molecule has 0 aliphatic rings. The fourth-order valence-corrected chi connectivity index (χ4v) is 2.33. The summed E-state index contributed by atoms with van der Waals surface area (Å²) in [4.78, 5) is 4.36. The van der Waals surface area contributed by atoms with Gasteiger partial charge in [0.15, 0.2) is 0 Å². The Kier molecular flexibility index (Phi) is 4.77. The quantitative estimate of drug-likeness (QED) is 0.913. The van der Waals surface area contributed by atoms with Gasteiger partial charge in [-0.15, -0.1) is 0 Å². The van der Waals surface area contributed by atoms with E-state index in [1.54, 1.807) is 13.3 Å². The molecule has 1 aromatic carbocycles. The van der Waals surface area contributed by atoms with E-state index in [0.29, 0.717) is 17.3 Å². The molecule has 1 heterocycles. The number of halogens is 1. The van der Waals surface area contributed by atoms with Crippen molar-refractivity contribution in [3.8, 4) is 5.75 Å². The first-order valence-electron chi connectivity index (χ1n) is 6.18. The Balaban J connectivity index is 2.17. The molecule has 2 aromatic rings. The first-order chi connectivity index (χ1) is 9.24. The van der Waals surface area contributed by atoms with E-state index in [1.165, 1.54) is 0 Å². The van der Waals surface area contributed by atoms with E-state index < -0.39 is 0 Å². The number of ether oxygens (including phenoxy) is 1. The zero-order valence-electron chi connectivity index (χ0n) is 10.8. The minimum Gasteiger partial charge on any atom is -0.495 e. The minimum atomic E-state index is 0.200. The molecule has 0 bridgehead atoms. The Morgan fingerprint density at radius 2 is 2.16 bits per heavy atom. The molecule has 2 rings (SSSR count). The number of rotatable bonds is 5. The number of hydrogen-bond acceptors (Lipinski definition) is 3. The van der Waals surface area contributed by atoms with Crippen LogP contribution in [0.15, 0.2) is 42.6 Å². The summed E-state index contributed by atoms with van der Waals surface area (Å²) in [5.74, 6) is 0.887. The highest BCUT2D eigenvalue weighted by Gasteiger charge is 2.12. The van der Waals surface area contributed by atoms with E-state index in [0.717, 1.165) is 17.7 Å². The number of benzene rings is 1. The predicted octanol–water partition coefficient (Wildman–Crippen LogP) is 3.03. The van der Waals surface area contributed by atoms with Crippen molar-refractivity contribution in [1.82, 2.24) is 4.98 Å². The van der Waals surface area contributed by atoms with Gasteiger partial charge >= 0.3 is 0 Å². The third-order valence-corrected chi connectivity index (χ3v) is 3.38. The zero-order valence-corrected chi connectivity index (χ0v) is 11.6. The summed E-state index contributed by atoms with van der Waals surface area (Å²) < 4.78 is 5.15. The Morgan fingerprint density at radius 1 is 1.32 bits per heavy atom. The first-order valence-corrected chi connectivity index (χ1v) is 6.55. The molecule has 1 unspecified atom stereocenters. The molecule has 1 atom stereocenters. The Morgan fingerprint density at radius 3 is 2.74 bits per heavy atom. The second kappa shape index (κ2) is 6.55. The molecule has 0 fully saturated rings. The first kappa shape index (κ1) is 13.8. The molecule has 3 nitrogen and oxygen atoms in total. The van der Waals surface area contributed by atoms with Crippen molar-refractivity contribution in [2.24, 2.45) is 5.73 Å². The minimum absolute atomic E-state index is 0.200. The highest BCUT2D eigenvalue weighted by Crippen LogP contribution is 2.27. The summed E-state index contributed by atoms with van der Waals surface area (Å²) in [6.07, 6.45) is 2.61. The van der Waals surface area contributed by atoms with Gasteiger partial charge in [0.05, 0.1) is 12.1 Å².